The lowest BCUT2D eigenvalue weighted by Crippen LogP contribution is -1.99. The summed E-state index contributed by atoms with van der Waals surface area (Å²) in [7, 11) is 0. The largest absolute Gasteiger partial charge is 0.478 e. The van der Waals surface area contributed by atoms with Crippen LogP contribution < -0.4 is 0 Å². The highest BCUT2D eigenvalue weighted by Gasteiger charge is 2.04. The summed E-state index contributed by atoms with van der Waals surface area (Å²) in [6.45, 7) is 1.71. The molecule has 0 saturated heterocycles. The van der Waals surface area contributed by atoms with Crippen LogP contribution in [0, 0.1) is 12.7 Å². The van der Waals surface area contributed by atoms with Gasteiger partial charge < -0.3 is 5.11 Å². The number of hydrogen-bond acceptors (Lipinski definition) is 2. The summed E-state index contributed by atoms with van der Waals surface area (Å²) >= 11 is 0. The lowest BCUT2D eigenvalue weighted by molar-refractivity contribution is 0.0696. The number of aryl methyl sites for hydroxylation is 1. The van der Waals surface area contributed by atoms with E-state index in [1.807, 2.05) is 0 Å². The van der Waals surface area contributed by atoms with Crippen molar-refractivity contribution in [3.8, 4) is 0 Å². The van der Waals surface area contributed by atoms with Crippen molar-refractivity contribution >= 4 is 5.97 Å². The molecule has 92 valence electrons. The number of benzene rings is 1. The summed E-state index contributed by atoms with van der Waals surface area (Å²) in [6, 6.07) is 8.08. The molecule has 0 bridgehead atoms. The van der Waals surface area contributed by atoms with E-state index < -0.39 is 5.97 Å². The number of aromatic nitrogens is 1. The highest BCUT2D eigenvalue weighted by molar-refractivity contribution is 5.87. The van der Waals surface area contributed by atoms with Gasteiger partial charge in [-0.25, -0.2) is 9.18 Å². The van der Waals surface area contributed by atoms with Crippen LogP contribution in [0.3, 0.4) is 0 Å². The SMILES string of the molecule is Cc1cc(Cc2ccc(C(=O)O)cn2)ccc1F. The van der Waals surface area contributed by atoms with Crippen molar-refractivity contribution in [3.63, 3.8) is 0 Å². The number of halogens is 1. The van der Waals surface area contributed by atoms with Crippen LogP contribution in [-0.2, 0) is 6.42 Å². The molecule has 0 unspecified atom stereocenters. The first kappa shape index (κ1) is 12.2. The molecule has 0 radical (unpaired) electrons. The van der Waals surface area contributed by atoms with Gasteiger partial charge in [-0.3, -0.25) is 4.98 Å². The molecule has 0 aliphatic rings. The van der Waals surface area contributed by atoms with E-state index in [1.54, 1.807) is 25.1 Å². The first-order chi connectivity index (χ1) is 8.56. The summed E-state index contributed by atoms with van der Waals surface area (Å²) in [5.74, 6) is -1.22. The number of rotatable bonds is 3. The Morgan fingerprint density at radius 2 is 2.11 bits per heavy atom. The third-order valence-corrected chi connectivity index (χ3v) is 2.68. The predicted molar refractivity (Wildman–Crippen MR) is 65.1 cm³/mol. The Morgan fingerprint density at radius 1 is 1.33 bits per heavy atom. The first-order valence-electron chi connectivity index (χ1n) is 5.49. The first-order valence-corrected chi connectivity index (χ1v) is 5.49. The number of carbonyl (C=O) groups is 1. The van der Waals surface area contributed by atoms with Crippen molar-refractivity contribution in [1.29, 1.82) is 0 Å². The minimum absolute atomic E-state index is 0.161. The number of aromatic carboxylic acids is 1. The molecule has 2 rings (SSSR count). The smallest absolute Gasteiger partial charge is 0.337 e. The lowest BCUT2D eigenvalue weighted by atomic mass is 10.1. The van der Waals surface area contributed by atoms with Crippen LogP contribution >= 0.6 is 0 Å². The number of pyridine rings is 1. The Labute approximate surface area is 104 Å². The second-order valence-corrected chi connectivity index (χ2v) is 4.10. The Bertz CT molecular complexity index is 579. The molecule has 1 aromatic carbocycles. The molecule has 2 aromatic rings. The van der Waals surface area contributed by atoms with Gasteiger partial charge in [-0.2, -0.15) is 0 Å². The topological polar surface area (TPSA) is 50.2 Å². The highest BCUT2D eigenvalue weighted by atomic mass is 19.1. The fourth-order valence-corrected chi connectivity index (χ4v) is 1.68. The van der Waals surface area contributed by atoms with E-state index >= 15 is 0 Å². The van der Waals surface area contributed by atoms with Crippen molar-refractivity contribution in [2.45, 2.75) is 13.3 Å². The van der Waals surface area contributed by atoms with E-state index in [2.05, 4.69) is 4.98 Å². The third kappa shape index (κ3) is 2.71. The summed E-state index contributed by atoms with van der Waals surface area (Å²) < 4.78 is 13.1. The number of carboxylic acid groups (broad SMARTS) is 1. The van der Waals surface area contributed by atoms with E-state index in [-0.39, 0.29) is 11.4 Å². The molecule has 0 saturated carbocycles. The van der Waals surface area contributed by atoms with Gasteiger partial charge in [-0.1, -0.05) is 12.1 Å². The van der Waals surface area contributed by atoms with Crippen molar-refractivity contribution in [2.75, 3.05) is 0 Å². The Balaban J connectivity index is 2.18. The van der Waals surface area contributed by atoms with Crippen molar-refractivity contribution in [2.24, 2.45) is 0 Å². The average Bonchev–Trinajstić information content (AvgIpc) is 2.34. The van der Waals surface area contributed by atoms with Crippen molar-refractivity contribution in [3.05, 3.63) is 64.7 Å². The van der Waals surface area contributed by atoms with Crippen LogP contribution in [0.5, 0.6) is 0 Å². The molecule has 1 aromatic heterocycles. The van der Waals surface area contributed by atoms with Gasteiger partial charge in [0.15, 0.2) is 0 Å². The van der Waals surface area contributed by atoms with Crippen molar-refractivity contribution < 1.29 is 14.3 Å². The van der Waals surface area contributed by atoms with Gasteiger partial charge in [-0.05, 0) is 36.2 Å². The number of nitrogens with zero attached hydrogens (tertiary/aromatic N) is 1. The minimum atomic E-state index is -0.994. The van der Waals surface area contributed by atoms with Crippen LogP contribution in [0.15, 0.2) is 36.5 Å². The second-order valence-electron chi connectivity index (χ2n) is 4.10. The van der Waals surface area contributed by atoms with Crippen LogP contribution in [0.4, 0.5) is 4.39 Å². The molecule has 0 aliphatic heterocycles. The quantitative estimate of drug-likeness (QED) is 0.904. The average molecular weight is 245 g/mol. The van der Waals surface area contributed by atoms with E-state index in [0.717, 1.165) is 11.3 Å². The molecule has 0 fully saturated rings. The number of hydrogen-bond donors (Lipinski definition) is 1. The molecule has 0 atom stereocenters. The van der Waals surface area contributed by atoms with Gasteiger partial charge in [-0.15, -0.1) is 0 Å². The van der Waals surface area contributed by atoms with Crippen LogP contribution in [0.2, 0.25) is 0 Å². The zero-order chi connectivity index (χ0) is 13.1. The summed E-state index contributed by atoms with van der Waals surface area (Å²) in [6.07, 6.45) is 1.88. The molecule has 3 nitrogen and oxygen atoms in total. The second kappa shape index (κ2) is 4.96. The highest BCUT2D eigenvalue weighted by Crippen LogP contribution is 2.13. The normalized spacial score (nSPS) is 10.3. The molecular formula is C14H12FNO2. The molecular weight excluding hydrogens is 233 g/mol. The van der Waals surface area contributed by atoms with Gasteiger partial charge in [0.25, 0.3) is 0 Å². The molecule has 1 N–H and O–H groups in total. The van der Waals surface area contributed by atoms with E-state index in [9.17, 15) is 9.18 Å². The van der Waals surface area contributed by atoms with E-state index in [0.29, 0.717) is 12.0 Å². The van der Waals surface area contributed by atoms with Crippen LogP contribution in [-0.4, -0.2) is 16.1 Å². The maximum Gasteiger partial charge on any atom is 0.337 e. The Morgan fingerprint density at radius 3 is 2.67 bits per heavy atom. The van der Waals surface area contributed by atoms with Crippen molar-refractivity contribution in [1.82, 2.24) is 4.98 Å². The van der Waals surface area contributed by atoms with Crippen LogP contribution in [0.25, 0.3) is 0 Å². The summed E-state index contributed by atoms with van der Waals surface area (Å²) in [4.78, 5) is 14.7. The summed E-state index contributed by atoms with van der Waals surface area (Å²) in [5.41, 5.74) is 2.46. The number of carboxylic acids is 1. The Hall–Kier alpha value is -2.23. The molecule has 0 aliphatic carbocycles. The molecule has 0 spiro atoms. The predicted octanol–water partition coefficient (Wildman–Crippen LogP) is 2.82. The van der Waals surface area contributed by atoms with Gasteiger partial charge >= 0.3 is 5.97 Å². The van der Waals surface area contributed by atoms with Gasteiger partial charge in [0.1, 0.15) is 5.82 Å². The third-order valence-electron chi connectivity index (χ3n) is 2.68. The minimum Gasteiger partial charge on any atom is -0.478 e. The molecule has 0 amide bonds. The van der Waals surface area contributed by atoms with E-state index in [1.165, 1.54) is 18.3 Å². The lowest BCUT2D eigenvalue weighted by Gasteiger charge is -2.04. The fourth-order valence-electron chi connectivity index (χ4n) is 1.68. The van der Waals surface area contributed by atoms with Gasteiger partial charge in [0, 0.05) is 18.3 Å². The molecule has 1 heterocycles. The maximum absolute atomic E-state index is 13.1. The Kier molecular flexibility index (Phi) is 3.37. The zero-order valence-electron chi connectivity index (χ0n) is 9.85. The zero-order valence-corrected chi connectivity index (χ0v) is 9.85. The van der Waals surface area contributed by atoms with Gasteiger partial charge in [0.05, 0.1) is 5.56 Å². The molecule has 4 heteroatoms. The maximum atomic E-state index is 13.1. The standard InChI is InChI=1S/C14H12FNO2/c1-9-6-10(2-5-13(9)15)7-12-4-3-11(8-16-12)14(17)18/h2-6,8H,7H2,1H3,(H,17,18). The fraction of sp³-hybridized carbons (Fsp3) is 0.143. The summed E-state index contributed by atoms with van der Waals surface area (Å²) in [5, 5.41) is 8.75. The monoisotopic (exact) mass is 245 g/mol. The van der Waals surface area contributed by atoms with Crippen LogP contribution in [0.1, 0.15) is 27.2 Å². The molecule has 18 heavy (non-hydrogen) atoms. The van der Waals surface area contributed by atoms with E-state index in [4.69, 9.17) is 5.11 Å². The van der Waals surface area contributed by atoms with Gasteiger partial charge in [0.2, 0.25) is 0 Å².